The molecule has 0 amide bonds. The van der Waals surface area contributed by atoms with Gasteiger partial charge < -0.3 is 13.9 Å². The fourth-order valence-corrected chi connectivity index (χ4v) is 6.05. The summed E-state index contributed by atoms with van der Waals surface area (Å²) in [5.74, 6) is 3.85. The summed E-state index contributed by atoms with van der Waals surface area (Å²) in [5.41, 5.74) is 1.54. The molecule has 23 heavy (non-hydrogen) atoms. The Kier molecular flexibility index (Phi) is 4.71. The Bertz CT molecular complexity index is 473. The zero-order valence-corrected chi connectivity index (χ0v) is 16.8. The van der Waals surface area contributed by atoms with E-state index in [1.807, 2.05) is 0 Å². The van der Waals surface area contributed by atoms with Crippen LogP contribution in [-0.4, -0.2) is 27.3 Å². The molecule has 3 aliphatic rings. The van der Waals surface area contributed by atoms with Crippen molar-refractivity contribution in [3.8, 4) is 0 Å². The van der Waals surface area contributed by atoms with Crippen LogP contribution in [0, 0.1) is 23.7 Å². The van der Waals surface area contributed by atoms with E-state index in [2.05, 4.69) is 40.4 Å². The van der Waals surface area contributed by atoms with E-state index in [9.17, 15) is 0 Å². The zero-order valence-electron chi connectivity index (χ0n) is 15.8. The van der Waals surface area contributed by atoms with Gasteiger partial charge >= 0.3 is 0 Å². The van der Waals surface area contributed by atoms with Crippen LogP contribution in [0.2, 0.25) is 19.6 Å². The molecule has 4 unspecified atom stereocenters. The highest BCUT2D eigenvalue weighted by molar-refractivity contribution is 6.70. The molecule has 0 radical (unpaired) electrons. The number of hydrogen-bond acceptors (Lipinski definition) is 3. The second kappa shape index (κ2) is 6.20. The van der Waals surface area contributed by atoms with Crippen molar-refractivity contribution >= 4 is 8.32 Å². The molecular formula is C19H34O3Si. The lowest BCUT2D eigenvalue weighted by Gasteiger charge is -2.40. The van der Waals surface area contributed by atoms with Crippen LogP contribution in [0.4, 0.5) is 0 Å². The molecule has 2 aliphatic carbocycles. The molecule has 132 valence electrons. The topological polar surface area (TPSA) is 27.7 Å². The highest BCUT2D eigenvalue weighted by Gasteiger charge is 2.47. The standard InChI is InChI=1S/C19H34O3Si/c1-13-15-7-8-16(14(2)18(13)22-23(4,5)6)17(15)9-10-19(3)20-11-12-21-19/h13,15-17H,7-12H2,1-6H3. The third-order valence-corrected chi connectivity index (χ3v) is 6.96. The van der Waals surface area contributed by atoms with Gasteiger partial charge in [0.05, 0.1) is 19.0 Å². The van der Waals surface area contributed by atoms with Crippen molar-refractivity contribution in [3.63, 3.8) is 0 Å². The maximum atomic E-state index is 6.50. The van der Waals surface area contributed by atoms with E-state index in [-0.39, 0.29) is 5.79 Å². The molecule has 1 aliphatic heterocycles. The predicted octanol–water partition coefficient (Wildman–Crippen LogP) is 4.95. The van der Waals surface area contributed by atoms with Crippen molar-refractivity contribution in [2.45, 2.75) is 71.9 Å². The van der Waals surface area contributed by atoms with Gasteiger partial charge in [0, 0.05) is 12.3 Å². The molecule has 0 aromatic heterocycles. The molecule has 0 spiro atoms. The molecular weight excluding hydrogens is 304 g/mol. The highest BCUT2D eigenvalue weighted by atomic mass is 28.4. The van der Waals surface area contributed by atoms with Crippen LogP contribution in [-0.2, 0) is 13.9 Å². The molecule has 4 atom stereocenters. The van der Waals surface area contributed by atoms with Crippen LogP contribution in [0.3, 0.4) is 0 Å². The summed E-state index contributed by atoms with van der Waals surface area (Å²) in [7, 11) is -1.53. The van der Waals surface area contributed by atoms with Gasteiger partial charge in [-0.25, -0.2) is 0 Å². The van der Waals surface area contributed by atoms with E-state index in [4.69, 9.17) is 13.9 Å². The summed E-state index contributed by atoms with van der Waals surface area (Å²) in [5, 5.41) is 0. The van der Waals surface area contributed by atoms with Gasteiger partial charge in [0.2, 0.25) is 8.32 Å². The fraction of sp³-hybridized carbons (Fsp3) is 0.895. The molecule has 1 saturated carbocycles. The predicted molar refractivity (Wildman–Crippen MR) is 95.5 cm³/mol. The lowest BCUT2D eigenvalue weighted by atomic mass is 9.70. The van der Waals surface area contributed by atoms with Gasteiger partial charge in [0.1, 0.15) is 0 Å². The summed E-state index contributed by atoms with van der Waals surface area (Å²) in [6.45, 7) is 15.2. The van der Waals surface area contributed by atoms with E-state index in [0.717, 1.165) is 31.5 Å². The zero-order chi connectivity index (χ0) is 16.8. The van der Waals surface area contributed by atoms with Crippen LogP contribution >= 0.6 is 0 Å². The first-order valence-corrected chi connectivity index (χ1v) is 12.8. The molecule has 4 heteroatoms. The number of hydrogen-bond donors (Lipinski definition) is 0. The molecule has 0 N–H and O–H groups in total. The minimum Gasteiger partial charge on any atom is -0.547 e. The van der Waals surface area contributed by atoms with Gasteiger partial charge in [-0.3, -0.25) is 0 Å². The largest absolute Gasteiger partial charge is 0.547 e. The maximum absolute atomic E-state index is 6.50. The Morgan fingerprint density at radius 3 is 2.43 bits per heavy atom. The second-order valence-corrected chi connectivity index (χ2v) is 13.4. The van der Waals surface area contributed by atoms with Crippen molar-refractivity contribution in [2.24, 2.45) is 23.7 Å². The molecule has 3 nitrogen and oxygen atoms in total. The molecule has 2 fully saturated rings. The molecule has 1 heterocycles. The summed E-state index contributed by atoms with van der Waals surface area (Å²) in [6.07, 6.45) is 4.93. The maximum Gasteiger partial charge on any atom is 0.241 e. The molecule has 0 aromatic rings. The van der Waals surface area contributed by atoms with E-state index in [1.54, 1.807) is 0 Å². The minimum absolute atomic E-state index is 0.338. The Morgan fingerprint density at radius 2 is 1.83 bits per heavy atom. The van der Waals surface area contributed by atoms with Gasteiger partial charge in [-0.1, -0.05) is 6.92 Å². The second-order valence-electron chi connectivity index (χ2n) is 8.93. The minimum atomic E-state index is -1.53. The summed E-state index contributed by atoms with van der Waals surface area (Å²) >= 11 is 0. The monoisotopic (exact) mass is 338 g/mol. The summed E-state index contributed by atoms with van der Waals surface area (Å²) in [6, 6.07) is 0. The lowest BCUT2D eigenvalue weighted by molar-refractivity contribution is -0.150. The van der Waals surface area contributed by atoms with Gasteiger partial charge in [-0.05, 0) is 76.1 Å². The van der Waals surface area contributed by atoms with Gasteiger partial charge in [0.25, 0.3) is 0 Å². The molecule has 0 aromatic carbocycles. The molecule has 1 saturated heterocycles. The Hall–Kier alpha value is -0.323. The van der Waals surface area contributed by atoms with Crippen LogP contribution < -0.4 is 0 Å². The average Bonchev–Trinajstić information content (AvgIpc) is 3.04. The van der Waals surface area contributed by atoms with E-state index in [0.29, 0.717) is 11.8 Å². The third-order valence-electron chi connectivity index (χ3n) is 6.12. The lowest BCUT2D eigenvalue weighted by Crippen LogP contribution is -2.36. The SMILES string of the molecule is CC1=C(O[Si](C)(C)C)C(C)C2CCC1C2CCC1(C)OCCO1. The van der Waals surface area contributed by atoms with E-state index >= 15 is 0 Å². The van der Waals surface area contributed by atoms with Crippen LogP contribution in [0.1, 0.15) is 46.5 Å². The average molecular weight is 339 g/mol. The van der Waals surface area contributed by atoms with Crippen molar-refractivity contribution in [2.75, 3.05) is 13.2 Å². The van der Waals surface area contributed by atoms with Gasteiger partial charge in [0.15, 0.2) is 5.79 Å². The van der Waals surface area contributed by atoms with Crippen molar-refractivity contribution in [1.29, 1.82) is 0 Å². The van der Waals surface area contributed by atoms with Gasteiger partial charge in [-0.15, -0.1) is 0 Å². The number of ether oxygens (including phenoxy) is 2. The highest BCUT2D eigenvalue weighted by Crippen LogP contribution is 2.54. The quantitative estimate of drug-likeness (QED) is 0.664. The normalized spacial score (nSPS) is 36.6. The van der Waals surface area contributed by atoms with E-state index in [1.165, 1.54) is 30.6 Å². The number of fused-ring (bicyclic) bond motifs is 2. The Balaban J connectivity index is 1.73. The smallest absolute Gasteiger partial charge is 0.241 e. The van der Waals surface area contributed by atoms with Crippen LogP contribution in [0.15, 0.2) is 11.3 Å². The molecule has 3 rings (SSSR count). The molecule has 2 bridgehead atoms. The van der Waals surface area contributed by atoms with Gasteiger partial charge in [-0.2, -0.15) is 0 Å². The first kappa shape index (κ1) is 17.5. The van der Waals surface area contributed by atoms with Crippen molar-refractivity contribution in [3.05, 3.63) is 11.3 Å². The Labute approximate surface area is 142 Å². The Morgan fingerprint density at radius 1 is 1.17 bits per heavy atom. The first-order chi connectivity index (χ1) is 10.7. The fourth-order valence-electron chi connectivity index (χ4n) is 5.04. The number of allylic oxidation sites excluding steroid dienone is 2. The van der Waals surface area contributed by atoms with Crippen molar-refractivity contribution < 1.29 is 13.9 Å². The number of rotatable bonds is 5. The van der Waals surface area contributed by atoms with Crippen LogP contribution in [0.5, 0.6) is 0 Å². The summed E-state index contributed by atoms with van der Waals surface area (Å²) < 4.78 is 18.1. The van der Waals surface area contributed by atoms with Crippen LogP contribution in [0.25, 0.3) is 0 Å². The summed E-state index contributed by atoms with van der Waals surface area (Å²) in [4.78, 5) is 0. The van der Waals surface area contributed by atoms with E-state index < -0.39 is 8.32 Å². The van der Waals surface area contributed by atoms with Crippen molar-refractivity contribution in [1.82, 2.24) is 0 Å². The first-order valence-electron chi connectivity index (χ1n) is 9.38. The third kappa shape index (κ3) is 3.54.